The van der Waals surface area contributed by atoms with Crippen LogP contribution in [-0.2, 0) is 7.05 Å². The quantitative estimate of drug-likeness (QED) is 0.722. The molecule has 2 nitrogen and oxygen atoms in total. The number of hydrogen-bond donors (Lipinski definition) is 0. The van der Waals surface area contributed by atoms with Gasteiger partial charge in [0.05, 0.1) is 5.52 Å². The van der Waals surface area contributed by atoms with Crippen LogP contribution in [0.15, 0.2) is 18.3 Å². The summed E-state index contributed by atoms with van der Waals surface area (Å²) in [4.78, 5) is 0. The molecule has 0 unspecified atom stereocenters. The molecule has 2 rings (SSSR count). The maximum atomic E-state index is 12.5. The van der Waals surface area contributed by atoms with Gasteiger partial charge >= 0.3 is 0 Å². The molecular weight excluding hydrogens is 210 g/mol. The second-order valence-electron chi connectivity index (χ2n) is 3.37. The van der Waals surface area contributed by atoms with E-state index in [1.165, 1.54) is 6.07 Å². The van der Waals surface area contributed by atoms with Crippen molar-refractivity contribution in [3.8, 4) is 0 Å². The molecule has 0 aliphatic rings. The third-order valence-electron chi connectivity index (χ3n) is 2.24. The average molecular weight is 226 g/mol. The van der Waals surface area contributed by atoms with Gasteiger partial charge in [-0.3, -0.25) is 4.68 Å². The normalized spacial score (nSPS) is 10.4. The molecule has 0 N–H and O–H groups in total. The van der Waals surface area contributed by atoms with Gasteiger partial charge in [-0.05, 0) is 24.6 Å². The zero-order chi connectivity index (χ0) is 12.3. The van der Waals surface area contributed by atoms with Gasteiger partial charge < -0.3 is 0 Å². The number of alkyl halides is 2. The van der Waals surface area contributed by atoms with Gasteiger partial charge in [0.15, 0.2) is 0 Å². The number of hydrogen-bond acceptors (Lipinski definition) is 1. The van der Waals surface area contributed by atoms with Gasteiger partial charge in [0.1, 0.15) is 0 Å². The first-order chi connectivity index (χ1) is 7.58. The number of nitrogens with zero attached hydrogens (tertiary/aromatic N) is 2. The van der Waals surface area contributed by atoms with Crippen molar-refractivity contribution in [3.05, 3.63) is 29.5 Å². The van der Waals surface area contributed by atoms with Crippen molar-refractivity contribution in [1.82, 2.24) is 9.78 Å². The van der Waals surface area contributed by atoms with Gasteiger partial charge in [0.25, 0.3) is 6.43 Å². The van der Waals surface area contributed by atoms with Crippen molar-refractivity contribution in [2.45, 2.75) is 27.2 Å². The van der Waals surface area contributed by atoms with Gasteiger partial charge in [-0.25, -0.2) is 8.78 Å². The maximum Gasteiger partial charge on any atom is 0.264 e. The van der Waals surface area contributed by atoms with Crippen LogP contribution in [0.25, 0.3) is 10.9 Å². The van der Waals surface area contributed by atoms with E-state index in [2.05, 4.69) is 5.10 Å². The third kappa shape index (κ3) is 2.38. The largest absolute Gasteiger partial charge is 0.275 e. The fraction of sp³-hybridized carbons (Fsp3) is 0.417. The highest BCUT2D eigenvalue weighted by Crippen LogP contribution is 2.26. The molecule has 0 fully saturated rings. The summed E-state index contributed by atoms with van der Waals surface area (Å²) in [6.45, 7) is 5.69. The van der Waals surface area contributed by atoms with Crippen LogP contribution < -0.4 is 0 Å². The molecule has 0 aliphatic carbocycles. The smallest absolute Gasteiger partial charge is 0.264 e. The molecule has 0 aliphatic heterocycles. The van der Waals surface area contributed by atoms with Gasteiger partial charge in [-0.15, -0.1) is 0 Å². The topological polar surface area (TPSA) is 17.8 Å². The van der Waals surface area contributed by atoms with Gasteiger partial charge in [0, 0.05) is 24.2 Å². The molecule has 1 aromatic carbocycles. The molecule has 0 atom stereocenters. The third-order valence-corrected chi connectivity index (χ3v) is 2.24. The standard InChI is InChI=1S/C10H10F2N2.C2H6/c1-6-3-7-5-14(2)13-9(7)4-8(6)10(11)12;1-2/h3-5,10H,1-2H3;1-2H3. The summed E-state index contributed by atoms with van der Waals surface area (Å²) < 4.78 is 26.7. The Morgan fingerprint density at radius 3 is 2.44 bits per heavy atom. The minimum atomic E-state index is -2.43. The van der Waals surface area contributed by atoms with E-state index < -0.39 is 6.43 Å². The van der Waals surface area contributed by atoms with E-state index in [0.717, 1.165) is 5.39 Å². The van der Waals surface area contributed by atoms with Crippen LogP contribution >= 0.6 is 0 Å². The van der Waals surface area contributed by atoms with E-state index in [9.17, 15) is 8.78 Å². The Labute approximate surface area is 93.9 Å². The lowest BCUT2D eigenvalue weighted by Crippen LogP contribution is -1.89. The average Bonchev–Trinajstić information content (AvgIpc) is 2.58. The molecule has 0 bridgehead atoms. The van der Waals surface area contributed by atoms with Crippen molar-refractivity contribution >= 4 is 10.9 Å². The highest BCUT2D eigenvalue weighted by Gasteiger charge is 2.12. The van der Waals surface area contributed by atoms with Gasteiger partial charge in [-0.2, -0.15) is 5.10 Å². The van der Waals surface area contributed by atoms with E-state index in [-0.39, 0.29) is 5.56 Å². The van der Waals surface area contributed by atoms with E-state index >= 15 is 0 Å². The Hall–Kier alpha value is -1.45. The summed E-state index contributed by atoms with van der Waals surface area (Å²) in [5, 5.41) is 4.98. The predicted octanol–water partition coefficient (Wildman–Crippen LogP) is 3.85. The zero-order valence-electron chi connectivity index (χ0n) is 9.96. The SMILES string of the molecule is CC.Cc1cc2cn(C)nc2cc1C(F)F. The molecule has 2 aromatic rings. The molecule has 1 heterocycles. The molecular formula is C12H16F2N2. The second kappa shape index (κ2) is 5.05. The molecule has 1 aromatic heterocycles. The van der Waals surface area contributed by atoms with Crippen molar-refractivity contribution in [3.63, 3.8) is 0 Å². The Bertz CT molecular complexity index is 475. The lowest BCUT2D eigenvalue weighted by molar-refractivity contribution is 0.151. The van der Waals surface area contributed by atoms with E-state index in [4.69, 9.17) is 0 Å². The van der Waals surface area contributed by atoms with Crippen LogP contribution in [0.4, 0.5) is 8.78 Å². The first-order valence-electron chi connectivity index (χ1n) is 5.30. The summed E-state index contributed by atoms with van der Waals surface area (Å²) in [5.74, 6) is 0. The van der Waals surface area contributed by atoms with Crippen LogP contribution in [0.2, 0.25) is 0 Å². The van der Waals surface area contributed by atoms with Crippen LogP contribution in [0.1, 0.15) is 31.4 Å². The van der Waals surface area contributed by atoms with Crippen LogP contribution in [0.3, 0.4) is 0 Å². The lowest BCUT2D eigenvalue weighted by atomic mass is 10.1. The number of benzene rings is 1. The van der Waals surface area contributed by atoms with E-state index in [1.54, 1.807) is 24.7 Å². The highest BCUT2D eigenvalue weighted by molar-refractivity contribution is 5.79. The summed E-state index contributed by atoms with van der Waals surface area (Å²) in [7, 11) is 1.78. The summed E-state index contributed by atoms with van der Waals surface area (Å²) in [6.07, 6.45) is -0.612. The number of rotatable bonds is 1. The van der Waals surface area contributed by atoms with Gasteiger partial charge in [-0.1, -0.05) is 13.8 Å². The fourth-order valence-corrected chi connectivity index (χ4v) is 1.56. The van der Waals surface area contributed by atoms with Crippen molar-refractivity contribution in [1.29, 1.82) is 0 Å². The molecule has 4 heteroatoms. The summed E-state index contributed by atoms with van der Waals surface area (Å²) >= 11 is 0. The second-order valence-corrected chi connectivity index (χ2v) is 3.37. The van der Waals surface area contributed by atoms with Crippen molar-refractivity contribution < 1.29 is 8.78 Å². The van der Waals surface area contributed by atoms with E-state index in [1.807, 2.05) is 20.0 Å². The molecule has 0 saturated carbocycles. The Kier molecular flexibility index (Phi) is 3.99. The lowest BCUT2D eigenvalue weighted by Gasteiger charge is -2.03. The first-order valence-corrected chi connectivity index (χ1v) is 5.30. The minimum Gasteiger partial charge on any atom is -0.275 e. The maximum absolute atomic E-state index is 12.5. The Morgan fingerprint density at radius 1 is 1.25 bits per heavy atom. The minimum absolute atomic E-state index is 0.0659. The molecule has 88 valence electrons. The van der Waals surface area contributed by atoms with Crippen LogP contribution in [-0.4, -0.2) is 9.78 Å². The number of aryl methyl sites for hydroxylation is 2. The van der Waals surface area contributed by atoms with Crippen LogP contribution in [0.5, 0.6) is 0 Å². The Morgan fingerprint density at radius 2 is 1.88 bits per heavy atom. The monoisotopic (exact) mass is 226 g/mol. The number of halogens is 2. The summed E-state index contributed by atoms with van der Waals surface area (Å²) in [6, 6.07) is 3.19. The number of fused-ring (bicyclic) bond motifs is 1. The van der Waals surface area contributed by atoms with Crippen molar-refractivity contribution in [2.75, 3.05) is 0 Å². The molecule has 0 radical (unpaired) electrons. The molecule has 0 spiro atoms. The molecule has 0 amide bonds. The van der Waals surface area contributed by atoms with E-state index in [0.29, 0.717) is 11.1 Å². The fourth-order valence-electron chi connectivity index (χ4n) is 1.56. The van der Waals surface area contributed by atoms with Gasteiger partial charge in [0.2, 0.25) is 0 Å². The molecule has 0 saturated heterocycles. The number of aromatic nitrogens is 2. The Balaban J connectivity index is 0.000000606. The first kappa shape index (κ1) is 12.6. The zero-order valence-corrected chi connectivity index (χ0v) is 9.96. The highest BCUT2D eigenvalue weighted by atomic mass is 19.3. The molecule has 16 heavy (non-hydrogen) atoms. The van der Waals surface area contributed by atoms with Crippen molar-refractivity contribution in [2.24, 2.45) is 7.05 Å². The summed E-state index contributed by atoms with van der Waals surface area (Å²) in [5.41, 5.74) is 1.30. The predicted molar refractivity (Wildman–Crippen MR) is 61.8 cm³/mol. The van der Waals surface area contributed by atoms with Crippen LogP contribution in [0, 0.1) is 6.92 Å².